The van der Waals surface area contributed by atoms with Gasteiger partial charge in [0.15, 0.2) is 0 Å². The minimum absolute atomic E-state index is 0.242. The standard InChI is InChI=1S/C14H15F3N2O/c15-14(16,17)12-4-3-11(7-10(12)8-18)20-9-13(19)5-1-2-6-13/h3-4,7H,1-2,5-6,9,19H2. The molecule has 0 amide bonds. The van der Waals surface area contributed by atoms with E-state index in [0.29, 0.717) is 0 Å². The SMILES string of the molecule is N#Cc1cc(OCC2(N)CCCC2)ccc1C(F)(F)F. The lowest BCUT2D eigenvalue weighted by atomic mass is 10.0. The Morgan fingerprint density at radius 3 is 2.50 bits per heavy atom. The quantitative estimate of drug-likeness (QED) is 0.927. The van der Waals surface area contributed by atoms with E-state index in [-0.39, 0.29) is 12.4 Å². The first-order valence-electron chi connectivity index (χ1n) is 6.37. The lowest BCUT2D eigenvalue weighted by molar-refractivity contribution is -0.137. The number of alkyl halides is 3. The average Bonchev–Trinajstić information content (AvgIpc) is 2.82. The zero-order chi connectivity index (χ0) is 14.8. The van der Waals surface area contributed by atoms with Crippen LogP contribution < -0.4 is 10.5 Å². The maximum atomic E-state index is 12.6. The van der Waals surface area contributed by atoms with Crippen LogP contribution in [0.15, 0.2) is 18.2 Å². The fourth-order valence-corrected chi connectivity index (χ4v) is 2.40. The predicted molar refractivity (Wildman–Crippen MR) is 67.0 cm³/mol. The van der Waals surface area contributed by atoms with Crippen molar-refractivity contribution >= 4 is 0 Å². The van der Waals surface area contributed by atoms with Gasteiger partial charge in [0.2, 0.25) is 0 Å². The molecule has 0 spiro atoms. The Bertz CT molecular complexity index is 528. The average molecular weight is 284 g/mol. The van der Waals surface area contributed by atoms with E-state index in [1.54, 1.807) is 6.07 Å². The first-order chi connectivity index (χ1) is 9.34. The molecule has 1 saturated carbocycles. The minimum Gasteiger partial charge on any atom is -0.492 e. The summed E-state index contributed by atoms with van der Waals surface area (Å²) in [4.78, 5) is 0. The van der Waals surface area contributed by atoms with Gasteiger partial charge in [-0.3, -0.25) is 0 Å². The van der Waals surface area contributed by atoms with Gasteiger partial charge < -0.3 is 10.5 Å². The second-order valence-corrected chi connectivity index (χ2v) is 5.18. The Kier molecular flexibility index (Phi) is 3.91. The van der Waals surface area contributed by atoms with E-state index >= 15 is 0 Å². The summed E-state index contributed by atoms with van der Waals surface area (Å²) in [6.45, 7) is 0.253. The number of nitrogens with zero attached hydrogens (tertiary/aromatic N) is 1. The van der Waals surface area contributed by atoms with Crippen LogP contribution in [0.1, 0.15) is 36.8 Å². The Labute approximate surface area is 115 Å². The Hall–Kier alpha value is -1.74. The first-order valence-corrected chi connectivity index (χ1v) is 6.37. The fraction of sp³-hybridized carbons (Fsp3) is 0.500. The molecule has 0 bridgehead atoms. The van der Waals surface area contributed by atoms with Crippen LogP contribution in [0.25, 0.3) is 0 Å². The molecule has 2 N–H and O–H groups in total. The summed E-state index contributed by atoms with van der Waals surface area (Å²) in [6, 6.07) is 4.75. The van der Waals surface area contributed by atoms with Crippen molar-refractivity contribution in [1.29, 1.82) is 5.26 Å². The lowest BCUT2D eigenvalue weighted by Crippen LogP contribution is -2.42. The van der Waals surface area contributed by atoms with Crippen LogP contribution in [0.4, 0.5) is 13.2 Å². The van der Waals surface area contributed by atoms with Gasteiger partial charge in [0.25, 0.3) is 0 Å². The lowest BCUT2D eigenvalue weighted by Gasteiger charge is -2.23. The van der Waals surface area contributed by atoms with Crippen molar-refractivity contribution in [1.82, 2.24) is 0 Å². The summed E-state index contributed by atoms with van der Waals surface area (Å²) in [5.74, 6) is 0.242. The number of nitriles is 1. The maximum absolute atomic E-state index is 12.6. The first kappa shape index (κ1) is 14.7. The highest BCUT2D eigenvalue weighted by atomic mass is 19.4. The molecule has 20 heavy (non-hydrogen) atoms. The summed E-state index contributed by atoms with van der Waals surface area (Å²) in [5, 5.41) is 8.81. The number of benzene rings is 1. The van der Waals surface area contributed by atoms with Gasteiger partial charge in [-0.25, -0.2) is 0 Å². The molecule has 0 saturated heterocycles. The largest absolute Gasteiger partial charge is 0.492 e. The van der Waals surface area contributed by atoms with E-state index < -0.39 is 22.8 Å². The number of nitrogens with two attached hydrogens (primary N) is 1. The Morgan fingerprint density at radius 1 is 1.30 bits per heavy atom. The van der Waals surface area contributed by atoms with Gasteiger partial charge in [-0.05, 0) is 31.0 Å². The second kappa shape index (κ2) is 5.33. The van der Waals surface area contributed by atoms with Gasteiger partial charge in [-0.15, -0.1) is 0 Å². The van der Waals surface area contributed by atoms with Gasteiger partial charge in [0, 0.05) is 0 Å². The number of rotatable bonds is 3. The van der Waals surface area contributed by atoms with Crippen LogP contribution in [0.5, 0.6) is 5.75 Å². The third-order valence-corrected chi connectivity index (χ3v) is 3.54. The van der Waals surface area contributed by atoms with Gasteiger partial charge in [0.1, 0.15) is 12.4 Å². The van der Waals surface area contributed by atoms with Crippen molar-refractivity contribution in [3.05, 3.63) is 29.3 Å². The fourth-order valence-electron chi connectivity index (χ4n) is 2.40. The van der Waals surface area contributed by atoms with E-state index in [1.165, 1.54) is 6.07 Å². The van der Waals surface area contributed by atoms with Crippen LogP contribution in [-0.2, 0) is 6.18 Å². The topological polar surface area (TPSA) is 59.0 Å². The molecule has 108 valence electrons. The highest BCUT2D eigenvalue weighted by Crippen LogP contribution is 2.34. The molecule has 6 heteroatoms. The molecule has 1 fully saturated rings. The van der Waals surface area contributed by atoms with Gasteiger partial charge in [-0.2, -0.15) is 18.4 Å². The molecule has 0 radical (unpaired) electrons. The number of ether oxygens (including phenoxy) is 1. The van der Waals surface area contributed by atoms with E-state index in [9.17, 15) is 13.2 Å². The smallest absolute Gasteiger partial charge is 0.417 e. The molecule has 0 aliphatic heterocycles. The zero-order valence-corrected chi connectivity index (χ0v) is 10.8. The van der Waals surface area contributed by atoms with E-state index in [2.05, 4.69) is 0 Å². The summed E-state index contributed by atoms with van der Waals surface area (Å²) in [7, 11) is 0. The zero-order valence-electron chi connectivity index (χ0n) is 10.8. The van der Waals surface area contributed by atoms with Gasteiger partial charge in [-0.1, -0.05) is 12.8 Å². The summed E-state index contributed by atoms with van der Waals surface area (Å²) in [5.41, 5.74) is 4.31. The normalized spacial score (nSPS) is 17.8. The van der Waals surface area contributed by atoms with E-state index in [1.807, 2.05) is 0 Å². The molecule has 0 unspecified atom stereocenters. The molecule has 1 aromatic carbocycles. The van der Waals surface area contributed by atoms with Gasteiger partial charge in [0.05, 0.1) is 22.7 Å². The van der Waals surface area contributed by atoms with Crippen molar-refractivity contribution < 1.29 is 17.9 Å². The summed E-state index contributed by atoms with van der Waals surface area (Å²) in [6.07, 6.45) is -0.770. The van der Waals surface area contributed by atoms with Crippen molar-refractivity contribution in [2.45, 2.75) is 37.4 Å². The number of hydrogen-bond acceptors (Lipinski definition) is 3. The molecule has 0 atom stereocenters. The molecule has 1 aliphatic carbocycles. The van der Waals surface area contributed by atoms with Crippen molar-refractivity contribution in [2.24, 2.45) is 5.73 Å². The monoisotopic (exact) mass is 284 g/mol. The highest BCUT2D eigenvalue weighted by Gasteiger charge is 2.34. The van der Waals surface area contributed by atoms with Crippen molar-refractivity contribution in [3.8, 4) is 11.8 Å². The summed E-state index contributed by atoms with van der Waals surface area (Å²) < 4.78 is 43.4. The molecule has 3 nitrogen and oxygen atoms in total. The van der Waals surface area contributed by atoms with Crippen molar-refractivity contribution in [2.75, 3.05) is 6.61 Å². The van der Waals surface area contributed by atoms with Crippen LogP contribution in [-0.4, -0.2) is 12.1 Å². The third kappa shape index (κ3) is 3.23. The molecule has 1 aromatic rings. The van der Waals surface area contributed by atoms with E-state index in [4.69, 9.17) is 15.7 Å². The Morgan fingerprint density at radius 2 is 1.95 bits per heavy atom. The van der Waals surface area contributed by atoms with Crippen LogP contribution >= 0.6 is 0 Å². The summed E-state index contributed by atoms with van der Waals surface area (Å²) >= 11 is 0. The maximum Gasteiger partial charge on any atom is 0.417 e. The third-order valence-electron chi connectivity index (χ3n) is 3.54. The second-order valence-electron chi connectivity index (χ2n) is 5.18. The molecular weight excluding hydrogens is 269 g/mol. The molecule has 2 rings (SSSR count). The number of hydrogen-bond donors (Lipinski definition) is 1. The van der Waals surface area contributed by atoms with Gasteiger partial charge >= 0.3 is 6.18 Å². The number of halogens is 3. The predicted octanol–water partition coefficient (Wildman–Crippen LogP) is 3.23. The molecule has 0 heterocycles. The molecule has 0 aromatic heterocycles. The van der Waals surface area contributed by atoms with Crippen molar-refractivity contribution in [3.63, 3.8) is 0 Å². The minimum atomic E-state index is -4.54. The Balaban J connectivity index is 2.12. The van der Waals surface area contributed by atoms with E-state index in [0.717, 1.165) is 37.8 Å². The van der Waals surface area contributed by atoms with Crippen LogP contribution in [0.3, 0.4) is 0 Å². The van der Waals surface area contributed by atoms with Crippen LogP contribution in [0, 0.1) is 11.3 Å². The molecule has 1 aliphatic rings. The highest BCUT2D eigenvalue weighted by molar-refractivity contribution is 5.44. The van der Waals surface area contributed by atoms with Crippen LogP contribution in [0.2, 0.25) is 0 Å². The molecular formula is C14H15F3N2O.